The molecule has 0 bridgehead atoms. The average molecular weight is 544 g/mol. The van der Waals surface area contributed by atoms with Gasteiger partial charge in [-0.1, -0.05) is 6.07 Å². The van der Waals surface area contributed by atoms with E-state index in [2.05, 4.69) is 4.90 Å². The van der Waals surface area contributed by atoms with Crippen LogP contribution in [0.4, 0.5) is 10.5 Å². The van der Waals surface area contributed by atoms with Gasteiger partial charge in [0, 0.05) is 56.4 Å². The summed E-state index contributed by atoms with van der Waals surface area (Å²) in [5, 5.41) is 0. The first-order valence-corrected chi connectivity index (χ1v) is 14.3. The highest BCUT2D eigenvalue weighted by atomic mass is 16.6. The van der Waals surface area contributed by atoms with E-state index in [1.54, 1.807) is 4.90 Å². The lowest BCUT2D eigenvalue weighted by Gasteiger charge is -2.34. The predicted molar refractivity (Wildman–Crippen MR) is 149 cm³/mol. The van der Waals surface area contributed by atoms with Gasteiger partial charge in [0.15, 0.2) is 5.60 Å². The SMILES string of the molecule is CCOC(=O)[C@@H]1CCCN(c2cccc(OC(C)(C)C(=O)N3CCC4(CCN(C(=O)OC(C)(C)C)C4)C3)c2)C1. The lowest BCUT2D eigenvalue weighted by atomic mass is 9.86. The van der Waals surface area contributed by atoms with Gasteiger partial charge < -0.3 is 28.9 Å². The third kappa shape index (κ3) is 6.97. The van der Waals surface area contributed by atoms with Gasteiger partial charge in [0.25, 0.3) is 5.91 Å². The summed E-state index contributed by atoms with van der Waals surface area (Å²) in [4.78, 5) is 44.3. The number of hydrogen-bond donors (Lipinski definition) is 0. The summed E-state index contributed by atoms with van der Waals surface area (Å²) in [6.45, 7) is 15.5. The van der Waals surface area contributed by atoms with Crippen molar-refractivity contribution in [3.05, 3.63) is 24.3 Å². The summed E-state index contributed by atoms with van der Waals surface area (Å²) in [5.41, 5.74) is -0.701. The van der Waals surface area contributed by atoms with Crippen LogP contribution in [0.5, 0.6) is 5.75 Å². The topological polar surface area (TPSA) is 88.6 Å². The monoisotopic (exact) mass is 543 g/mol. The van der Waals surface area contributed by atoms with Crippen LogP contribution in [0.25, 0.3) is 0 Å². The minimum absolute atomic E-state index is 0.0548. The van der Waals surface area contributed by atoms with Gasteiger partial charge in [-0.3, -0.25) is 9.59 Å². The molecule has 3 aliphatic heterocycles. The Morgan fingerprint density at radius 2 is 1.69 bits per heavy atom. The van der Waals surface area contributed by atoms with Crippen molar-refractivity contribution in [1.82, 2.24) is 9.80 Å². The van der Waals surface area contributed by atoms with Crippen LogP contribution in [-0.4, -0.2) is 84.8 Å². The molecule has 9 nitrogen and oxygen atoms in total. The van der Waals surface area contributed by atoms with E-state index in [1.807, 2.05) is 70.7 Å². The Labute approximate surface area is 232 Å². The van der Waals surface area contributed by atoms with Crippen LogP contribution in [0.2, 0.25) is 0 Å². The Morgan fingerprint density at radius 1 is 1.00 bits per heavy atom. The molecule has 1 spiro atoms. The third-order valence-corrected chi connectivity index (χ3v) is 7.93. The highest BCUT2D eigenvalue weighted by Crippen LogP contribution is 2.41. The van der Waals surface area contributed by atoms with E-state index in [9.17, 15) is 14.4 Å². The standard InChI is InChI=1S/C30H45N3O6/c1-7-37-25(34)22-10-9-15-31(19-22)23-11-8-12-24(18-23)38-29(5,6)26(35)32-16-13-30(20-32)14-17-33(21-30)27(36)39-28(2,3)4/h8,11-12,18,22H,7,9-10,13-17,19-21H2,1-6H3/t22-,30?/m1/s1. The number of piperidine rings is 1. The molecule has 2 amide bonds. The molecule has 3 aliphatic rings. The lowest BCUT2D eigenvalue weighted by molar-refractivity contribution is -0.148. The molecule has 1 unspecified atom stereocenters. The Bertz CT molecular complexity index is 1070. The highest BCUT2D eigenvalue weighted by Gasteiger charge is 2.49. The number of ether oxygens (including phenoxy) is 3. The minimum atomic E-state index is -1.05. The summed E-state index contributed by atoms with van der Waals surface area (Å²) in [6.07, 6.45) is 3.19. The van der Waals surface area contributed by atoms with Crippen molar-refractivity contribution >= 4 is 23.7 Å². The lowest BCUT2D eigenvalue weighted by Crippen LogP contribution is -2.49. The fourth-order valence-electron chi connectivity index (χ4n) is 5.99. The van der Waals surface area contributed by atoms with Crippen molar-refractivity contribution in [3.63, 3.8) is 0 Å². The van der Waals surface area contributed by atoms with Gasteiger partial charge in [-0.25, -0.2) is 4.79 Å². The zero-order chi connectivity index (χ0) is 28.4. The Kier molecular flexibility index (Phi) is 8.38. The number of carbonyl (C=O) groups is 3. The number of esters is 1. The maximum Gasteiger partial charge on any atom is 0.410 e. The highest BCUT2D eigenvalue weighted by molar-refractivity contribution is 5.85. The molecule has 4 rings (SSSR count). The predicted octanol–water partition coefficient (Wildman–Crippen LogP) is 4.48. The molecule has 0 radical (unpaired) electrons. The molecule has 0 aliphatic carbocycles. The van der Waals surface area contributed by atoms with Crippen LogP contribution in [0.15, 0.2) is 24.3 Å². The number of benzene rings is 1. The van der Waals surface area contributed by atoms with Crippen LogP contribution in [0, 0.1) is 11.3 Å². The number of anilines is 1. The molecule has 1 aromatic rings. The summed E-state index contributed by atoms with van der Waals surface area (Å²) in [5.74, 6) is 0.294. The Hall–Kier alpha value is -2.97. The van der Waals surface area contributed by atoms with Gasteiger partial charge in [0.05, 0.1) is 12.5 Å². The summed E-state index contributed by atoms with van der Waals surface area (Å²) in [6, 6.07) is 7.75. The molecule has 0 saturated carbocycles. The molecule has 3 saturated heterocycles. The number of amides is 2. The van der Waals surface area contributed by atoms with E-state index in [-0.39, 0.29) is 29.3 Å². The first-order chi connectivity index (χ1) is 18.3. The van der Waals surface area contributed by atoms with E-state index >= 15 is 0 Å². The first-order valence-electron chi connectivity index (χ1n) is 14.3. The smallest absolute Gasteiger partial charge is 0.410 e. The summed E-state index contributed by atoms with van der Waals surface area (Å²) >= 11 is 0. The van der Waals surface area contributed by atoms with Gasteiger partial charge in [0.1, 0.15) is 11.4 Å². The van der Waals surface area contributed by atoms with Gasteiger partial charge >= 0.3 is 12.1 Å². The first kappa shape index (κ1) is 29.0. The maximum absolute atomic E-state index is 13.6. The maximum atomic E-state index is 13.6. The van der Waals surface area contributed by atoms with E-state index in [0.29, 0.717) is 45.1 Å². The van der Waals surface area contributed by atoms with E-state index < -0.39 is 11.2 Å². The van der Waals surface area contributed by atoms with Crippen molar-refractivity contribution in [1.29, 1.82) is 0 Å². The van der Waals surface area contributed by atoms with Crippen molar-refractivity contribution in [2.24, 2.45) is 11.3 Å². The summed E-state index contributed by atoms with van der Waals surface area (Å²) in [7, 11) is 0. The second-order valence-electron chi connectivity index (χ2n) is 12.8. The van der Waals surface area contributed by atoms with Crippen LogP contribution < -0.4 is 9.64 Å². The molecule has 0 aromatic heterocycles. The van der Waals surface area contributed by atoms with Crippen LogP contribution in [-0.2, 0) is 19.1 Å². The number of nitrogens with zero attached hydrogens (tertiary/aromatic N) is 3. The molecule has 39 heavy (non-hydrogen) atoms. The zero-order valence-electron chi connectivity index (χ0n) is 24.5. The van der Waals surface area contributed by atoms with Gasteiger partial charge in [-0.05, 0) is 79.4 Å². The molecular weight excluding hydrogens is 498 g/mol. The number of likely N-dealkylation sites (tertiary alicyclic amines) is 2. The Balaban J connectivity index is 1.36. The fourth-order valence-corrected chi connectivity index (χ4v) is 5.99. The Morgan fingerprint density at radius 3 is 2.38 bits per heavy atom. The number of rotatable bonds is 6. The van der Waals surface area contributed by atoms with E-state index in [0.717, 1.165) is 37.9 Å². The fraction of sp³-hybridized carbons (Fsp3) is 0.700. The second-order valence-corrected chi connectivity index (χ2v) is 12.8. The molecule has 3 fully saturated rings. The van der Waals surface area contributed by atoms with Crippen molar-refractivity contribution in [2.75, 3.05) is 50.8 Å². The van der Waals surface area contributed by atoms with Gasteiger partial charge in [0.2, 0.25) is 0 Å². The van der Waals surface area contributed by atoms with Crippen LogP contribution >= 0.6 is 0 Å². The van der Waals surface area contributed by atoms with Crippen molar-refractivity contribution in [3.8, 4) is 5.75 Å². The minimum Gasteiger partial charge on any atom is -0.478 e. The molecule has 2 atom stereocenters. The van der Waals surface area contributed by atoms with E-state index in [4.69, 9.17) is 14.2 Å². The average Bonchev–Trinajstić information content (AvgIpc) is 3.49. The van der Waals surface area contributed by atoms with Crippen LogP contribution in [0.1, 0.15) is 67.2 Å². The second kappa shape index (κ2) is 11.3. The number of hydrogen-bond acceptors (Lipinski definition) is 7. The molecule has 0 N–H and O–H groups in total. The quantitative estimate of drug-likeness (QED) is 0.489. The largest absolute Gasteiger partial charge is 0.478 e. The van der Waals surface area contributed by atoms with Crippen molar-refractivity contribution in [2.45, 2.75) is 78.4 Å². The molecule has 216 valence electrons. The summed E-state index contributed by atoms with van der Waals surface area (Å²) < 4.78 is 17.1. The van der Waals surface area contributed by atoms with Gasteiger partial charge in [-0.2, -0.15) is 0 Å². The third-order valence-electron chi connectivity index (χ3n) is 7.93. The van der Waals surface area contributed by atoms with E-state index in [1.165, 1.54) is 0 Å². The van der Waals surface area contributed by atoms with Crippen LogP contribution in [0.3, 0.4) is 0 Å². The molecule has 9 heteroatoms. The van der Waals surface area contributed by atoms with Gasteiger partial charge in [-0.15, -0.1) is 0 Å². The normalized spacial score (nSPS) is 23.7. The van der Waals surface area contributed by atoms with Crippen molar-refractivity contribution < 1.29 is 28.6 Å². The number of carbonyl (C=O) groups excluding carboxylic acids is 3. The zero-order valence-corrected chi connectivity index (χ0v) is 24.5. The molecular formula is C30H45N3O6. The molecule has 3 heterocycles. The molecule has 1 aromatic carbocycles.